The predicted molar refractivity (Wildman–Crippen MR) is 87.9 cm³/mol. The number of rotatable bonds is 4. The maximum atomic E-state index is 12.5. The maximum absolute atomic E-state index is 12.5. The average Bonchev–Trinajstić information content (AvgIpc) is 3.15. The third kappa shape index (κ3) is 3.24. The number of carbonyl (C=O) groups excluding carboxylic acids is 1. The molecule has 0 aliphatic rings. The Morgan fingerprint density at radius 3 is 2.57 bits per heavy atom. The Labute approximate surface area is 137 Å². The lowest BCUT2D eigenvalue weighted by molar-refractivity contribution is 0.0741. The Hall–Kier alpha value is -2.67. The lowest BCUT2D eigenvalue weighted by Crippen LogP contribution is -2.29. The topological polar surface area (TPSA) is 71.9 Å². The molecule has 3 aromatic rings. The van der Waals surface area contributed by atoms with Crippen molar-refractivity contribution in [1.82, 2.24) is 24.8 Å². The Kier molecular flexibility index (Phi) is 4.38. The number of nitrogens with zero attached hydrogens (tertiary/aromatic N) is 5. The molecular formula is C16H15N5OS. The van der Waals surface area contributed by atoms with Gasteiger partial charge in [-0.3, -0.25) is 9.78 Å². The highest BCUT2D eigenvalue weighted by Crippen LogP contribution is 2.22. The summed E-state index contributed by atoms with van der Waals surface area (Å²) in [6.45, 7) is 1.95. The van der Waals surface area contributed by atoms with Crippen molar-refractivity contribution in [2.45, 2.75) is 13.0 Å². The van der Waals surface area contributed by atoms with Crippen LogP contribution in [-0.4, -0.2) is 37.8 Å². The second-order valence-corrected chi connectivity index (χ2v) is 5.93. The van der Waals surface area contributed by atoms with Gasteiger partial charge in [-0.2, -0.15) is 0 Å². The molecule has 0 N–H and O–H groups in total. The first kappa shape index (κ1) is 15.2. The number of pyridine rings is 1. The molecule has 23 heavy (non-hydrogen) atoms. The van der Waals surface area contributed by atoms with Crippen LogP contribution in [0.5, 0.6) is 0 Å². The van der Waals surface area contributed by atoms with Crippen molar-refractivity contribution >= 4 is 17.2 Å². The van der Waals surface area contributed by atoms with Gasteiger partial charge in [-0.05, 0) is 19.1 Å². The Bertz CT molecular complexity index is 774. The summed E-state index contributed by atoms with van der Waals surface area (Å²) < 4.78 is 0. The van der Waals surface area contributed by atoms with Crippen LogP contribution in [0.2, 0.25) is 0 Å². The number of carbonyl (C=O) groups is 1. The van der Waals surface area contributed by atoms with Gasteiger partial charge < -0.3 is 4.90 Å². The zero-order valence-corrected chi connectivity index (χ0v) is 13.6. The molecule has 0 aliphatic heterocycles. The van der Waals surface area contributed by atoms with Crippen LogP contribution in [0.15, 0.2) is 48.5 Å². The molecule has 1 unspecified atom stereocenters. The van der Waals surface area contributed by atoms with E-state index in [1.807, 2.05) is 24.4 Å². The molecule has 1 amide bonds. The van der Waals surface area contributed by atoms with Crippen molar-refractivity contribution in [3.8, 4) is 11.4 Å². The molecule has 3 aromatic heterocycles. The van der Waals surface area contributed by atoms with Crippen molar-refractivity contribution in [2.24, 2.45) is 0 Å². The lowest BCUT2D eigenvalue weighted by atomic mass is 10.2. The standard InChI is InChI=1S/C16H15N5OS/c1-11(15-18-6-7-23-15)21(2)16(22)13-9-19-14(20-10-13)12-4-3-5-17-8-12/h3-11H,1-2H3. The quantitative estimate of drug-likeness (QED) is 0.737. The Morgan fingerprint density at radius 1 is 1.17 bits per heavy atom. The number of hydrogen-bond acceptors (Lipinski definition) is 6. The lowest BCUT2D eigenvalue weighted by Gasteiger charge is -2.23. The van der Waals surface area contributed by atoms with Crippen molar-refractivity contribution < 1.29 is 4.79 Å². The van der Waals surface area contributed by atoms with Gasteiger partial charge in [0, 0.05) is 49.0 Å². The molecule has 0 fully saturated rings. The fourth-order valence-electron chi connectivity index (χ4n) is 2.07. The Morgan fingerprint density at radius 2 is 1.96 bits per heavy atom. The molecule has 7 heteroatoms. The molecule has 0 saturated heterocycles. The SMILES string of the molecule is CC(c1nccs1)N(C)C(=O)c1cnc(-c2cccnc2)nc1. The van der Waals surface area contributed by atoms with Crippen molar-refractivity contribution in [3.05, 3.63) is 59.1 Å². The van der Waals surface area contributed by atoms with E-state index in [1.165, 1.54) is 11.3 Å². The first-order valence-corrected chi connectivity index (χ1v) is 7.94. The van der Waals surface area contributed by atoms with E-state index < -0.39 is 0 Å². The summed E-state index contributed by atoms with van der Waals surface area (Å²) in [5.41, 5.74) is 1.26. The third-order valence-electron chi connectivity index (χ3n) is 3.53. The highest BCUT2D eigenvalue weighted by Gasteiger charge is 2.21. The fraction of sp³-hybridized carbons (Fsp3) is 0.188. The van der Waals surface area contributed by atoms with Crippen LogP contribution in [-0.2, 0) is 0 Å². The first-order valence-electron chi connectivity index (χ1n) is 7.06. The van der Waals surface area contributed by atoms with E-state index in [0.717, 1.165) is 10.6 Å². The number of aromatic nitrogens is 4. The third-order valence-corrected chi connectivity index (χ3v) is 4.47. The predicted octanol–water partition coefficient (Wildman–Crippen LogP) is 2.83. The largest absolute Gasteiger partial charge is 0.332 e. The van der Waals surface area contributed by atoms with Crippen molar-refractivity contribution in [2.75, 3.05) is 7.05 Å². The van der Waals surface area contributed by atoms with E-state index in [1.54, 1.807) is 42.9 Å². The molecule has 0 aliphatic carbocycles. The van der Waals surface area contributed by atoms with Gasteiger partial charge in [-0.25, -0.2) is 15.0 Å². The molecule has 0 spiro atoms. The summed E-state index contributed by atoms with van der Waals surface area (Å²) in [6, 6.07) is 3.60. The van der Waals surface area contributed by atoms with Gasteiger partial charge in [0.25, 0.3) is 5.91 Å². The highest BCUT2D eigenvalue weighted by atomic mass is 32.1. The van der Waals surface area contributed by atoms with Crippen LogP contribution in [0, 0.1) is 0 Å². The molecule has 3 heterocycles. The minimum Gasteiger partial charge on any atom is -0.332 e. The second-order valence-electron chi connectivity index (χ2n) is 5.00. The summed E-state index contributed by atoms with van der Waals surface area (Å²) in [4.78, 5) is 31.0. The van der Waals surface area contributed by atoms with Crippen LogP contribution >= 0.6 is 11.3 Å². The Balaban J connectivity index is 1.78. The number of thiazole rings is 1. The van der Waals surface area contributed by atoms with Crippen molar-refractivity contribution in [3.63, 3.8) is 0 Å². The van der Waals surface area contributed by atoms with Gasteiger partial charge in [0.2, 0.25) is 0 Å². The maximum Gasteiger partial charge on any atom is 0.257 e. The smallest absolute Gasteiger partial charge is 0.257 e. The normalized spacial score (nSPS) is 11.9. The van der Waals surface area contributed by atoms with E-state index in [-0.39, 0.29) is 11.9 Å². The molecule has 3 rings (SSSR count). The van der Waals surface area contributed by atoms with Crippen LogP contribution in [0.3, 0.4) is 0 Å². The van der Waals surface area contributed by atoms with E-state index in [0.29, 0.717) is 11.4 Å². The van der Waals surface area contributed by atoms with Gasteiger partial charge in [-0.15, -0.1) is 11.3 Å². The second kappa shape index (κ2) is 6.62. The van der Waals surface area contributed by atoms with Crippen LogP contribution in [0.25, 0.3) is 11.4 Å². The van der Waals surface area contributed by atoms with Crippen LogP contribution in [0.1, 0.15) is 28.3 Å². The molecule has 0 bridgehead atoms. The zero-order valence-electron chi connectivity index (χ0n) is 12.7. The summed E-state index contributed by atoms with van der Waals surface area (Å²) >= 11 is 1.53. The molecule has 0 saturated carbocycles. The van der Waals surface area contributed by atoms with Gasteiger partial charge in [0.15, 0.2) is 5.82 Å². The monoisotopic (exact) mass is 325 g/mol. The molecule has 0 radical (unpaired) electrons. The molecular weight excluding hydrogens is 310 g/mol. The summed E-state index contributed by atoms with van der Waals surface area (Å²) in [5, 5.41) is 2.80. The van der Waals surface area contributed by atoms with E-state index in [2.05, 4.69) is 19.9 Å². The summed E-state index contributed by atoms with van der Waals surface area (Å²) in [5.74, 6) is 0.413. The molecule has 0 aromatic carbocycles. The van der Waals surface area contributed by atoms with E-state index >= 15 is 0 Å². The summed E-state index contributed by atoms with van der Waals surface area (Å²) in [6.07, 6.45) is 8.20. The van der Waals surface area contributed by atoms with Gasteiger partial charge in [0.1, 0.15) is 5.01 Å². The van der Waals surface area contributed by atoms with Crippen LogP contribution < -0.4 is 0 Å². The van der Waals surface area contributed by atoms with Gasteiger partial charge >= 0.3 is 0 Å². The molecule has 116 valence electrons. The highest BCUT2D eigenvalue weighted by molar-refractivity contribution is 7.09. The van der Waals surface area contributed by atoms with Crippen molar-refractivity contribution in [1.29, 1.82) is 0 Å². The first-order chi connectivity index (χ1) is 11.2. The van der Waals surface area contributed by atoms with Gasteiger partial charge in [-0.1, -0.05) is 0 Å². The minimum atomic E-state index is -0.134. The zero-order chi connectivity index (χ0) is 16.2. The van der Waals surface area contributed by atoms with Crippen LogP contribution in [0.4, 0.5) is 0 Å². The molecule has 1 atom stereocenters. The average molecular weight is 325 g/mol. The fourth-order valence-corrected chi connectivity index (χ4v) is 2.81. The summed E-state index contributed by atoms with van der Waals surface area (Å²) in [7, 11) is 1.75. The molecule has 6 nitrogen and oxygen atoms in total. The van der Waals surface area contributed by atoms with E-state index in [9.17, 15) is 4.79 Å². The minimum absolute atomic E-state index is 0.0968. The number of amides is 1. The number of hydrogen-bond donors (Lipinski definition) is 0. The van der Waals surface area contributed by atoms with E-state index in [4.69, 9.17) is 0 Å². The van der Waals surface area contributed by atoms with Gasteiger partial charge in [0.05, 0.1) is 11.6 Å².